The molecule has 2 fully saturated rings. The van der Waals surface area contributed by atoms with Crippen LogP contribution in [0.25, 0.3) is 0 Å². The van der Waals surface area contributed by atoms with Gasteiger partial charge in [0.2, 0.25) is 0 Å². The number of hydrogen-bond donors (Lipinski definition) is 2. The first kappa shape index (κ1) is 27.6. The van der Waals surface area contributed by atoms with E-state index >= 15 is 0 Å². The summed E-state index contributed by atoms with van der Waals surface area (Å²) in [4.78, 5) is 0. The van der Waals surface area contributed by atoms with Gasteiger partial charge in [-0.15, -0.1) is 0 Å². The Kier molecular flexibility index (Phi) is 13.4. The molecule has 2 heterocycles. The van der Waals surface area contributed by atoms with Crippen LogP contribution in [0.1, 0.15) is 77.3 Å². The number of piperidine rings is 2. The summed E-state index contributed by atoms with van der Waals surface area (Å²) in [6, 6.07) is 21.9. The third-order valence-corrected chi connectivity index (χ3v) is 7.38. The molecule has 0 amide bonds. The molecule has 2 aliphatic rings. The minimum Gasteiger partial charge on any atom is -0.317 e. The summed E-state index contributed by atoms with van der Waals surface area (Å²) in [5, 5.41) is 6.89. The molecule has 2 unspecified atom stereocenters. The summed E-state index contributed by atoms with van der Waals surface area (Å²) in [7, 11) is 0. The lowest BCUT2D eigenvalue weighted by Crippen LogP contribution is -2.32. The average Bonchev–Trinajstić information content (AvgIpc) is 2.88. The Morgan fingerprint density at radius 3 is 1.61 bits per heavy atom. The molecule has 2 aliphatic heterocycles. The van der Waals surface area contributed by atoms with Crippen molar-refractivity contribution in [2.24, 2.45) is 23.7 Å². The summed E-state index contributed by atoms with van der Waals surface area (Å²) in [5.74, 6) is 4.10. The Bertz CT molecular complexity index is 700. The van der Waals surface area contributed by atoms with Crippen molar-refractivity contribution < 1.29 is 0 Å². The van der Waals surface area contributed by atoms with E-state index in [2.05, 4.69) is 92.1 Å². The maximum atomic E-state index is 3.46. The quantitative estimate of drug-likeness (QED) is 0.482. The first-order valence-corrected chi connectivity index (χ1v) is 13.7. The van der Waals surface area contributed by atoms with E-state index in [9.17, 15) is 0 Å². The van der Waals surface area contributed by atoms with Gasteiger partial charge >= 0.3 is 0 Å². The van der Waals surface area contributed by atoms with Crippen molar-refractivity contribution in [2.75, 3.05) is 26.2 Å². The van der Waals surface area contributed by atoms with Crippen LogP contribution in [0.5, 0.6) is 0 Å². The van der Waals surface area contributed by atoms with E-state index in [-0.39, 0.29) is 0 Å². The van der Waals surface area contributed by atoms with Crippen molar-refractivity contribution in [1.82, 2.24) is 10.6 Å². The van der Waals surface area contributed by atoms with Crippen molar-refractivity contribution in [3.63, 3.8) is 0 Å². The van der Waals surface area contributed by atoms with E-state index in [4.69, 9.17) is 0 Å². The predicted molar refractivity (Wildman–Crippen MR) is 146 cm³/mol. The van der Waals surface area contributed by atoms with Crippen molar-refractivity contribution in [1.29, 1.82) is 0 Å². The minimum atomic E-state index is 0.739. The molecule has 2 atom stereocenters. The molecule has 0 saturated carbocycles. The molecule has 4 rings (SSSR count). The van der Waals surface area contributed by atoms with Crippen molar-refractivity contribution in [3.8, 4) is 0 Å². The van der Waals surface area contributed by atoms with Crippen LogP contribution in [0.2, 0.25) is 0 Å². The topological polar surface area (TPSA) is 24.1 Å². The first-order valence-electron chi connectivity index (χ1n) is 13.7. The molecular weight excluding hydrogens is 400 g/mol. The SMILES string of the molecule is CC.CC(C)C(c1ccccc1)C1CCNCC1.CC(Cc1ccccc1)C1CCNCC1. The molecule has 33 heavy (non-hydrogen) atoms. The third kappa shape index (κ3) is 9.63. The molecule has 2 nitrogen and oxygen atoms in total. The van der Waals surface area contributed by atoms with Gasteiger partial charge in [-0.25, -0.2) is 0 Å². The van der Waals surface area contributed by atoms with Crippen LogP contribution in [-0.2, 0) is 6.42 Å². The van der Waals surface area contributed by atoms with E-state index in [1.165, 1.54) is 69.4 Å². The molecule has 0 aromatic heterocycles. The lowest BCUT2D eigenvalue weighted by Gasteiger charge is -2.33. The molecule has 2 heteroatoms. The second-order valence-corrected chi connectivity index (χ2v) is 10.0. The Labute approximate surface area is 205 Å². The zero-order valence-corrected chi connectivity index (χ0v) is 22.0. The van der Waals surface area contributed by atoms with Crippen molar-refractivity contribution in [2.45, 2.75) is 72.6 Å². The second-order valence-electron chi connectivity index (χ2n) is 10.0. The van der Waals surface area contributed by atoms with Crippen LogP contribution >= 0.6 is 0 Å². The Morgan fingerprint density at radius 2 is 1.12 bits per heavy atom. The zero-order chi connectivity index (χ0) is 23.9. The van der Waals surface area contributed by atoms with E-state index in [0.717, 1.165) is 29.6 Å². The molecule has 2 N–H and O–H groups in total. The molecular formula is C31H50N2. The summed E-state index contributed by atoms with van der Waals surface area (Å²) < 4.78 is 0. The Balaban J connectivity index is 0.000000218. The highest BCUT2D eigenvalue weighted by Crippen LogP contribution is 2.36. The molecule has 0 aliphatic carbocycles. The molecule has 2 aromatic rings. The van der Waals surface area contributed by atoms with Crippen molar-refractivity contribution >= 4 is 0 Å². The van der Waals surface area contributed by atoms with Crippen LogP contribution < -0.4 is 10.6 Å². The number of nitrogens with one attached hydrogen (secondary N) is 2. The zero-order valence-electron chi connectivity index (χ0n) is 22.0. The lowest BCUT2D eigenvalue weighted by molar-refractivity contribution is 0.271. The fraction of sp³-hybridized carbons (Fsp3) is 0.613. The predicted octanol–water partition coefficient (Wildman–Crippen LogP) is 7.32. The summed E-state index contributed by atoms with van der Waals surface area (Å²) >= 11 is 0. The number of benzene rings is 2. The van der Waals surface area contributed by atoms with E-state index in [1.807, 2.05) is 13.8 Å². The van der Waals surface area contributed by atoms with Gasteiger partial charge in [0.05, 0.1) is 0 Å². The highest BCUT2D eigenvalue weighted by molar-refractivity contribution is 5.21. The monoisotopic (exact) mass is 450 g/mol. The summed E-state index contributed by atoms with van der Waals surface area (Å²) in [6.45, 7) is 15.9. The second kappa shape index (κ2) is 16.1. The minimum absolute atomic E-state index is 0.739. The molecule has 0 spiro atoms. The van der Waals surface area contributed by atoms with Gasteiger partial charge in [0.15, 0.2) is 0 Å². The maximum Gasteiger partial charge on any atom is -0.00460 e. The van der Waals surface area contributed by atoms with Crippen LogP contribution in [0.3, 0.4) is 0 Å². The van der Waals surface area contributed by atoms with E-state index in [1.54, 1.807) is 0 Å². The van der Waals surface area contributed by atoms with Crippen LogP contribution in [0.4, 0.5) is 0 Å². The fourth-order valence-corrected chi connectivity index (χ4v) is 5.65. The fourth-order valence-electron chi connectivity index (χ4n) is 5.65. The lowest BCUT2D eigenvalue weighted by atomic mass is 9.74. The highest BCUT2D eigenvalue weighted by atomic mass is 14.9. The van der Waals surface area contributed by atoms with Gasteiger partial charge in [0.1, 0.15) is 0 Å². The molecule has 2 saturated heterocycles. The van der Waals surface area contributed by atoms with Crippen LogP contribution in [0.15, 0.2) is 60.7 Å². The van der Waals surface area contributed by atoms with E-state index in [0.29, 0.717) is 0 Å². The standard InChI is InChI=1S/C15H23N.C14H21N.C2H6/c1-12(2)15(13-6-4-3-5-7-13)14-8-10-16-11-9-14;1-12(14-7-9-15-10-8-14)11-13-5-3-2-4-6-13;1-2/h3-7,12,14-16H,8-11H2,1-2H3;2-6,12,14-15H,7-11H2,1H3;1-2H3. The van der Waals surface area contributed by atoms with Gasteiger partial charge in [0, 0.05) is 0 Å². The van der Waals surface area contributed by atoms with Gasteiger partial charge in [0.25, 0.3) is 0 Å². The number of hydrogen-bond acceptors (Lipinski definition) is 2. The van der Waals surface area contributed by atoms with Gasteiger partial charge in [-0.3, -0.25) is 0 Å². The van der Waals surface area contributed by atoms with Gasteiger partial charge in [-0.1, -0.05) is 95.3 Å². The summed E-state index contributed by atoms with van der Waals surface area (Å²) in [5.41, 5.74) is 3.02. The maximum absolute atomic E-state index is 3.46. The number of rotatable bonds is 6. The first-order chi connectivity index (χ1) is 16.1. The van der Waals surface area contributed by atoms with Crippen LogP contribution in [-0.4, -0.2) is 26.2 Å². The molecule has 184 valence electrons. The molecule has 0 radical (unpaired) electrons. The highest BCUT2D eigenvalue weighted by Gasteiger charge is 2.27. The van der Waals surface area contributed by atoms with Gasteiger partial charge in [-0.2, -0.15) is 0 Å². The normalized spacial score (nSPS) is 19.0. The van der Waals surface area contributed by atoms with Crippen LogP contribution in [0, 0.1) is 23.7 Å². The van der Waals surface area contributed by atoms with E-state index < -0.39 is 0 Å². The molecule has 0 bridgehead atoms. The van der Waals surface area contributed by atoms with Crippen molar-refractivity contribution in [3.05, 3.63) is 71.8 Å². The smallest absolute Gasteiger partial charge is 0.00460 e. The third-order valence-electron chi connectivity index (χ3n) is 7.38. The van der Waals surface area contributed by atoms with Gasteiger partial charge < -0.3 is 10.6 Å². The van der Waals surface area contributed by atoms with Gasteiger partial charge in [-0.05, 0) is 99.0 Å². The largest absolute Gasteiger partial charge is 0.317 e. The molecule has 2 aromatic carbocycles. The summed E-state index contributed by atoms with van der Waals surface area (Å²) in [6.07, 6.45) is 6.61. The Morgan fingerprint density at radius 1 is 0.667 bits per heavy atom. The Hall–Kier alpha value is -1.64. The average molecular weight is 451 g/mol.